The fourth-order valence-corrected chi connectivity index (χ4v) is 2.23. The minimum Gasteiger partial charge on any atom is -0.480 e. The van der Waals surface area contributed by atoms with Crippen LogP contribution in [0.4, 0.5) is 5.82 Å². The van der Waals surface area contributed by atoms with Crippen molar-refractivity contribution in [3.8, 4) is 5.82 Å². The number of anilines is 1. The lowest BCUT2D eigenvalue weighted by atomic mass is 10.1. The molecule has 2 aromatic heterocycles. The highest BCUT2D eigenvalue weighted by Crippen LogP contribution is 2.13. The summed E-state index contributed by atoms with van der Waals surface area (Å²) >= 11 is 0. The third-order valence-corrected chi connectivity index (χ3v) is 3.31. The molecule has 7 nitrogen and oxygen atoms in total. The number of carboxylic acids is 1. The predicted octanol–water partition coefficient (Wildman–Crippen LogP) is 2.33. The standard InChI is InChI=1S/C15H21N5O2/c1-4-5-6-12(15(21)22)17-13-8-16-9-14(18-13)20-11(3)7-10(2)19-20/h7-9,12H,4-6H2,1-3H3,(H,17,18)(H,21,22)/t12-/m0/s1. The minimum absolute atomic E-state index is 0.438. The lowest BCUT2D eigenvalue weighted by Crippen LogP contribution is -2.29. The maximum atomic E-state index is 11.3. The van der Waals surface area contributed by atoms with Gasteiger partial charge in [-0.15, -0.1) is 0 Å². The summed E-state index contributed by atoms with van der Waals surface area (Å²) < 4.78 is 1.69. The third kappa shape index (κ3) is 3.81. The second kappa shape index (κ2) is 7.02. The van der Waals surface area contributed by atoms with Crippen LogP contribution in [0.3, 0.4) is 0 Å². The summed E-state index contributed by atoms with van der Waals surface area (Å²) in [7, 11) is 0. The van der Waals surface area contributed by atoms with E-state index in [1.54, 1.807) is 10.9 Å². The lowest BCUT2D eigenvalue weighted by Gasteiger charge is -2.15. The Bertz CT molecular complexity index is 653. The van der Waals surface area contributed by atoms with Gasteiger partial charge >= 0.3 is 5.97 Å². The number of aliphatic carboxylic acids is 1. The van der Waals surface area contributed by atoms with Crippen LogP contribution in [0.1, 0.15) is 37.6 Å². The van der Waals surface area contributed by atoms with E-state index in [9.17, 15) is 9.90 Å². The quantitative estimate of drug-likeness (QED) is 0.815. The van der Waals surface area contributed by atoms with Gasteiger partial charge in [-0.2, -0.15) is 5.10 Å². The van der Waals surface area contributed by atoms with E-state index < -0.39 is 12.0 Å². The lowest BCUT2D eigenvalue weighted by molar-refractivity contribution is -0.138. The summed E-state index contributed by atoms with van der Waals surface area (Å²) in [6.07, 6.45) is 5.47. The molecule has 0 radical (unpaired) electrons. The molecule has 0 fully saturated rings. The average Bonchev–Trinajstić information content (AvgIpc) is 2.82. The molecule has 2 aromatic rings. The molecule has 118 valence electrons. The Labute approximate surface area is 129 Å². The van der Waals surface area contributed by atoms with Crippen LogP contribution in [0.15, 0.2) is 18.5 Å². The van der Waals surface area contributed by atoms with E-state index >= 15 is 0 Å². The van der Waals surface area contributed by atoms with Crippen LogP contribution in [0, 0.1) is 13.8 Å². The van der Waals surface area contributed by atoms with Crippen LogP contribution in [-0.2, 0) is 4.79 Å². The second-order valence-electron chi connectivity index (χ2n) is 5.28. The van der Waals surface area contributed by atoms with Crippen molar-refractivity contribution < 1.29 is 9.90 Å². The molecule has 0 saturated carbocycles. The summed E-state index contributed by atoms with van der Waals surface area (Å²) in [4.78, 5) is 19.8. The summed E-state index contributed by atoms with van der Waals surface area (Å²) in [5.74, 6) is 0.121. The molecule has 0 aliphatic rings. The highest BCUT2D eigenvalue weighted by Gasteiger charge is 2.17. The van der Waals surface area contributed by atoms with Crippen molar-refractivity contribution in [1.82, 2.24) is 19.7 Å². The van der Waals surface area contributed by atoms with Gasteiger partial charge in [0.2, 0.25) is 0 Å². The van der Waals surface area contributed by atoms with Gasteiger partial charge < -0.3 is 10.4 Å². The zero-order valence-corrected chi connectivity index (χ0v) is 13.1. The SMILES string of the molecule is CCCC[C@H](Nc1cncc(-n2nc(C)cc2C)n1)C(=O)O. The third-order valence-electron chi connectivity index (χ3n) is 3.31. The van der Waals surface area contributed by atoms with Crippen LogP contribution in [0.5, 0.6) is 0 Å². The molecule has 1 atom stereocenters. The molecule has 7 heteroatoms. The van der Waals surface area contributed by atoms with E-state index in [1.165, 1.54) is 6.20 Å². The molecule has 2 N–H and O–H groups in total. The molecule has 0 unspecified atom stereocenters. The number of hydrogen-bond acceptors (Lipinski definition) is 5. The van der Waals surface area contributed by atoms with Crippen molar-refractivity contribution in [2.24, 2.45) is 0 Å². The number of rotatable bonds is 7. The Balaban J connectivity index is 2.20. The number of carbonyl (C=O) groups is 1. The fourth-order valence-electron chi connectivity index (χ4n) is 2.23. The molecule has 0 spiro atoms. The van der Waals surface area contributed by atoms with Crippen molar-refractivity contribution in [2.75, 3.05) is 5.32 Å². The van der Waals surface area contributed by atoms with Crippen molar-refractivity contribution >= 4 is 11.8 Å². The van der Waals surface area contributed by atoms with Crippen molar-refractivity contribution in [1.29, 1.82) is 0 Å². The van der Waals surface area contributed by atoms with Gasteiger partial charge in [0.15, 0.2) is 5.82 Å². The van der Waals surface area contributed by atoms with Crippen LogP contribution >= 0.6 is 0 Å². The van der Waals surface area contributed by atoms with E-state index in [1.807, 2.05) is 26.8 Å². The van der Waals surface area contributed by atoms with Gasteiger partial charge in [0.05, 0.1) is 18.1 Å². The van der Waals surface area contributed by atoms with Gasteiger partial charge in [0.1, 0.15) is 11.9 Å². The monoisotopic (exact) mass is 303 g/mol. The Kier molecular flexibility index (Phi) is 5.08. The second-order valence-corrected chi connectivity index (χ2v) is 5.28. The van der Waals surface area contributed by atoms with Crippen molar-refractivity contribution in [3.05, 3.63) is 29.8 Å². The van der Waals surface area contributed by atoms with Crippen LogP contribution in [0.2, 0.25) is 0 Å². The maximum Gasteiger partial charge on any atom is 0.326 e. The average molecular weight is 303 g/mol. The van der Waals surface area contributed by atoms with Crippen molar-refractivity contribution in [3.63, 3.8) is 0 Å². The van der Waals surface area contributed by atoms with E-state index in [4.69, 9.17) is 0 Å². The first-order valence-electron chi connectivity index (χ1n) is 7.36. The molecular formula is C15H21N5O2. The molecule has 0 aliphatic carbocycles. The molecule has 22 heavy (non-hydrogen) atoms. The Morgan fingerprint density at radius 1 is 1.41 bits per heavy atom. The van der Waals surface area contributed by atoms with Gasteiger partial charge in [0, 0.05) is 5.69 Å². The highest BCUT2D eigenvalue weighted by atomic mass is 16.4. The first kappa shape index (κ1) is 15.9. The summed E-state index contributed by atoms with van der Waals surface area (Å²) in [6, 6.07) is 1.29. The molecule has 2 rings (SSSR count). The van der Waals surface area contributed by atoms with Gasteiger partial charge in [-0.05, 0) is 26.3 Å². The van der Waals surface area contributed by atoms with Crippen molar-refractivity contribution in [2.45, 2.75) is 46.1 Å². The summed E-state index contributed by atoms with van der Waals surface area (Å²) in [5.41, 5.74) is 1.84. The molecule has 0 aromatic carbocycles. The topological polar surface area (TPSA) is 92.9 Å². The van der Waals surface area contributed by atoms with E-state index in [-0.39, 0.29) is 0 Å². The summed E-state index contributed by atoms with van der Waals surface area (Å²) in [6.45, 7) is 5.87. The number of aryl methyl sites for hydroxylation is 2. The fraction of sp³-hybridized carbons (Fsp3) is 0.467. The number of aromatic nitrogens is 4. The number of nitrogens with one attached hydrogen (secondary N) is 1. The molecule has 0 saturated heterocycles. The molecule has 0 bridgehead atoms. The van der Waals surface area contributed by atoms with Gasteiger partial charge in [0.25, 0.3) is 0 Å². The Hall–Kier alpha value is -2.44. The van der Waals surface area contributed by atoms with Crippen LogP contribution in [-0.4, -0.2) is 36.9 Å². The van der Waals surface area contributed by atoms with Gasteiger partial charge in [-0.25, -0.2) is 14.5 Å². The largest absolute Gasteiger partial charge is 0.480 e. The van der Waals surface area contributed by atoms with E-state index in [2.05, 4.69) is 20.4 Å². The number of hydrogen-bond donors (Lipinski definition) is 2. The Morgan fingerprint density at radius 2 is 2.18 bits per heavy atom. The Morgan fingerprint density at radius 3 is 2.77 bits per heavy atom. The molecule has 0 aliphatic heterocycles. The zero-order valence-electron chi connectivity index (χ0n) is 13.1. The molecular weight excluding hydrogens is 282 g/mol. The van der Waals surface area contributed by atoms with Crippen LogP contribution in [0.25, 0.3) is 5.82 Å². The molecule has 2 heterocycles. The van der Waals surface area contributed by atoms with Gasteiger partial charge in [-0.3, -0.25) is 4.98 Å². The van der Waals surface area contributed by atoms with Gasteiger partial charge in [-0.1, -0.05) is 19.8 Å². The minimum atomic E-state index is -0.883. The predicted molar refractivity (Wildman–Crippen MR) is 83.2 cm³/mol. The smallest absolute Gasteiger partial charge is 0.326 e. The first-order chi connectivity index (χ1) is 10.5. The number of unbranched alkanes of at least 4 members (excludes halogenated alkanes) is 1. The van der Waals surface area contributed by atoms with E-state index in [0.29, 0.717) is 18.1 Å². The normalized spacial score (nSPS) is 12.1. The maximum absolute atomic E-state index is 11.3. The van der Waals surface area contributed by atoms with E-state index in [0.717, 1.165) is 24.2 Å². The molecule has 0 amide bonds. The highest BCUT2D eigenvalue weighted by molar-refractivity contribution is 5.76. The number of carboxylic acid groups (broad SMARTS) is 1. The zero-order chi connectivity index (χ0) is 16.1. The first-order valence-corrected chi connectivity index (χ1v) is 7.36. The summed E-state index contributed by atoms with van der Waals surface area (Å²) in [5, 5.41) is 16.6. The van der Waals surface area contributed by atoms with Crippen LogP contribution < -0.4 is 5.32 Å². The number of nitrogens with zero attached hydrogens (tertiary/aromatic N) is 4.